The lowest BCUT2D eigenvalue weighted by molar-refractivity contribution is 0.297. The van der Waals surface area contributed by atoms with Gasteiger partial charge in [-0.15, -0.1) is 0 Å². The second kappa shape index (κ2) is 5.77. The number of ether oxygens (including phenoxy) is 2. The van der Waals surface area contributed by atoms with Crippen molar-refractivity contribution in [3.63, 3.8) is 0 Å². The number of hydrogen-bond acceptors (Lipinski definition) is 4. The summed E-state index contributed by atoms with van der Waals surface area (Å²) in [6.07, 6.45) is 0.845. The predicted octanol–water partition coefficient (Wildman–Crippen LogP) is 0.744. The summed E-state index contributed by atoms with van der Waals surface area (Å²) < 4.78 is 37.9. The van der Waals surface area contributed by atoms with Crippen LogP contribution in [0.4, 0.5) is 0 Å². The van der Waals surface area contributed by atoms with Gasteiger partial charge in [0.1, 0.15) is 0 Å². The van der Waals surface area contributed by atoms with Crippen LogP contribution in [0.2, 0.25) is 0 Å². The molecule has 1 N–H and O–H groups in total. The Morgan fingerprint density at radius 1 is 1.21 bits per heavy atom. The van der Waals surface area contributed by atoms with E-state index in [9.17, 15) is 8.42 Å². The van der Waals surface area contributed by atoms with Gasteiger partial charge in [0.25, 0.3) is 10.2 Å². The maximum Gasteiger partial charge on any atom is 0.279 e. The van der Waals surface area contributed by atoms with Gasteiger partial charge in [0.2, 0.25) is 0 Å². The van der Waals surface area contributed by atoms with Crippen molar-refractivity contribution in [3.8, 4) is 11.5 Å². The highest BCUT2D eigenvalue weighted by atomic mass is 32.2. The third-order valence-corrected chi connectivity index (χ3v) is 4.22. The Hall–Kier alpha value is -1.31. The molecule has 106 valence electrons. The van der Waals surface area contributed by atoms with Crippen LogP contribution in [-0.2, 0) is 16.8 Å². The number of benzene rings is 1. The van der Waals surface area contributed by atoms with Gasteiger partial charge in [-0.25, -0.2) is 0 Å². The molecule has 1 heterocycles. The van der Waals surface area contributed by atoms with E-state index in [1.54, 1.807) is 12.1 Å². The minimum Gasteiger partial charge on any atom is -0.490 e. The molecule has 0 amide bonds. The second-order valence-electron chi connectivity index (χ2n) is 4.44. The summed E-state index contributed by atoms with van der Waals surface area (Å²) in [6.45, 7) is 1.47. The van der Waals surface area contributed by atoms with Gasteiger partial charge in [-0.1, -0.05) is 6.07 Å². The van der Waals surface area contributed by atoms with Crippen LogP contribution in [-0.4, -0.2) is 40.0 Å². The highest BCUT2D eigenvalue weighted by molar-refractivity contribution is 7.87. The summed E-state index contributed by atoms with van der Waals surface area (Å²) in [7, 11) is -0.449. The van der Waals surface area contributed by atoms with Gasteiger partial charge in [-0.2, -0.15) is 17.4 Å². The summed E-state index contributed by atoms with van der Waals surface area (Å²) in [5, 5.41) is 0. The lowest BCUT2D eigenvalue weighted by atomic mass is 10.2. The molecule has 0 atom stereocenters. The molecule has 19 heavy (non-hydrogen) atoms. The molecule has 0 bridgehead atoms. The minimum absolute atomic E-state index is 0.219. The van der Waals surface area contributed by atoms with Crippen LogP contribution in [0.25, 0.3) is 0 Å². The maximum absolute atomic E-state index is 11.6. The van der Waals surface area contributed by atoms with Gasteiger partial charge in [-0.3, -0.25) is 0 Å². The van der Waals surface area contributed by atoms with Crippen LogP contribution in [0.15, 0.2) is 18.2 Å². The Morgan fingerprint density at radius 3 is 2.58 bits per heavy atom. The summed E-state index contributed by atoms with van der Waals surface area (Å²) in [6, 6.07) is 5.43. The lowest BCUT2D eigenvalue weighted by Crippen LogP contribution is -2.35. The average molecular weight is 286 g/mol. The van der Waals surface area contributed by atoms with E-state index in [-0.39, 0.29) is 6.54 Å². The first-order chi connectivity index (χ1) is 8.99. The molecule has 0 saturated heterocycles. The van der Waals surface area contributed by atoms with Crippen molar-refractivity contribution in [1.82, 2.24) is 9.03 Å². The number of nitrogens with zero attached hydrogens (tertiary/aromatic N) is 1. The largest absolute Gasteiger partial charge is 0.490 e. The van der Waals surface area contributed by atoms with Crippen LogP contribution in [0.5, 0.6) is 11.5 Å². The molecule has 0 aromatic heterocycles. The monoisotopic (exact) mass is 286 g/mol. The Bertz CT molecular complexity index is 543. The van der Waals surface area contributed by atoms with Crippen molar-refractivity contribution in [2.24, 2.45) is 0 Å². The van der Waals surface area contributed by atoms with Crippen LogP contribution < -0.4 is 14.2 Å². The van der Waals surface area contributed by atoms with Gasteiger partial charge in [0, 0.05) is 27.1 Å². The van der Waals surface area contributed by atoms with Crippen molar-refractivity contribution in [3.05, 3.63) is 23.8 Å². The molecule has 1 aromatic rings. The van der Waals surface area contributed by atoms with Crippen LogP contribution in [0, 0.1) is 0 Å². The number of nitrogens with one attached hydrogen (secondary N) is 1. The molecule has 0 spiro atoms. The Morgan fingerprint density at radius 2 is 1.89 bits per heavy atom. The molecule has 0 aliphatic carbocycles. The van der Waals surface area contributed by atoms with Gasteiger partial charge in [-0.05, 0) is 17.7 Å². The van der Waals surface area contributed by atoms with Crippen molar-refractivity contribution in [2.75, 3.05) is 27.3 Å². The van der Waals surface area contributed by atoms with Crippen LogP contribution in [0.1, 0.15) is 12.0 Å². The normalized spacial score (nSPS) is 15.3. The molecule has 1 aliphatic rings. The van der Waals surface area contributed by atoms with E-state index in [1.165, 1.54) is 14.1 Å². The summed E-state index contributed by atoms with van der Waals surface area (Å²) in [5.41, 5.74) is 0.828. The fourth-order valence-corrected chi connectivity index (χ4v) is 2.23. The van der Waals surface area contributed by atoms with E-state index in [2.05, 4.69) is 4.72 Å². The van der Waals surface area contributed by atoms with E-state index >= 15 is 0 Å². The van der Waals surface area contributed by atoms with Crippen LogP contribution >= 0.6 is 0 Å². The van der Waals surface area contributed by atoms with Crippen molar-refractivity contribution < 1.29 is 17.9 Å². The number of rotatable bonds is 4. The summed E-state index contributed by atoms with van der Waals surface area (Å²) in [5.74, 6) is 1.37. The number of hydrogen-bond donors (Lipinski definition) is 1. The molecule has 0 saturated carbocycles. The Labute approximate surface area is 113 Å². The van der Waals surface area contributed by atoms with Gasteiger partial charge >= 0.3 is 0 Å². The number of fused-ring (bicyclic) bond motifs is 1. The molecule has 7 heteroatoms. The first kappa shape index (κ1) is 14.1. The molecule has 1 aromatic carbocycles. The van der Waals surface area contributed by atoms with Gasteiger partial charge in [0.05, 0.1) is 13.2 Å². The fourth-order valence-electron chi connectivity index (χ4n) is 1.62. The van der Waals surface area contributed by atoms with E-state index < -0.39 is 10.2 Å². The molecule has 1 aliphatic heterocycles. The first-order valence-electron chi connectivity index (χ1n) is 6.05. The zero-order valence-electron chi connectivity index (χ0n) is 11.0. The molecule has 0 unspecified atom stereocenters. The molecule has 6 nitrogen and oxygen atoms in total. The van der Waals surface area contributed by atoms with Crippen molar-refractivity contribution in [2.45, 2.75) is 13.0 Å². The zero-order chi connectivity index (χ0) is 13.9. The second-order valence-corrected chi connectivity index (χ2v) is 6.41. The highest BCUT2D eigenvalue weighted by Crippen LogP contribution is 2.30. The standard InChI is InChI=1S/C12H18N2O4S/c1-14(2)19(15,16)13-9-10-4-5-11-12(8-10)18-7-3-6-17-11/h4-5,8,13H,3,6-7,9H2,1-2H3. The molecule has 0 fully saturated rings. The van der Waals surface area contributed by atoms with E-state index in [0.717, 1.165) is 16.3 Å². The van der Waals surface area contributed by atoms with Gasteiger partial charge < -0.3 is 9.47 Å². The summed E-state index contributed by atoms with van der Waals surface area (Å²) >= 11 is 0. The van der Waals surface area contributed by atoms with Crippen LogP contribution in [0.3, 0.4) is 0 Å². The lowest BCUT2D eigenvalue weighted by Gasteiger charge is -2.13. The highest BCUT2D eigenvalue weighted by Gasteiger charge is 2.14. The average Bonchev–Trinajstić information content (AvgIpc) is 2.60. The molecule has 0 radical (unpaired) electrons. The smallest absolute Gasteiger partial charge is 0.279 e. The van der Waals surface area contributed by atoms with E-state index in [4.69, 9.17) is 9.47 Å². The van der Waals surface area contributed by atoms with E-state index in [0.29, 0.717) is 24.7 Å². The predicted molar refractivity (Wildman–Crippen MR) is 71.5 cm³/mol. The maximum atomic E-state index is 11.6. The minimum atomic E-state index is -3.41. The Balaban J connectivity index is 2.08. The molecular weight excluding hydrogens is 268 g/mol. The quantitative estimate of drug-likeness (QED) is 0.886. The topological polar surface area (TPSA) is 67.9 Å². The van der Waals surface area contributed by atoms with Crippen molar-refractivity contribution in [1.29, 1.82) is 0 Å². The third kappa shape index (κ3) is 3.59. The van der Waals surface area contributed by atoms with E-state index in [1.807, 2.05) is 6.07 Å². The summed E-state index contributed by atoms with van der Waals surface area (Å²) in [4.78, 5) is 0. The fraction of sp³-hybridized carbons (Fsp3) is 0.500. The third-order valence-electron chi connectivity index (χ3n) is 2.75. The molecule has 2 rings (SSSR count). The van der Waals surface area contributed by atoms with Crippen molar-refractivity contribution >= 4 is 10.2 Å². The first-order valence-corrected chi connectivity index (χ1v) is 7.49. The van der Waals surface area contributed by atoms with Gasteiger partial charge in [0.15, 0.2) is 11.5 Å². The Kier molecular flexibility index (Phi) is 4.28. The SMILES string of the molecule is CN(C)S(=O)(=O)NCc1ccc2c(c1)OCCCO2. The zero-order valence-corrected chi connectivity index (χ0v) is 11.9. The molecular formula is C12H18N2O4S.